The number of nitrogens with one attached hydrogen (secondary N) is 1. The third kappa shape index (κ3) is 8.47. The lowest BCUT2D eigenvalue weighted by atomic mass is 10.1. The smallest absolute Gasteiger partial charge is 0.258 e. The van der Waals surface area contributed by atoms with Crippen LogP contribution in [0.25, 0.3) is 0 Å². The monoisotopic (exact) mass is 222 g/mol. The second-order valence-corrected chi connectivity index (χ2v) is 5.46. The Morgan fingerprint density at radius 2 is 1.93 bits per heavy atom. The van der Waals surface area contributed by atoms with Crippen molar-refractivity contribution in [3.8, 4) is 0 Å². The molecule has 1 radical (unpaired) electrons. The molecule has 0 aliphatic carbocycles. The highest BCUT2D eigenvalue weighted by atomic mass is 32.2. The number of rotatable bonds is 6. The molecule has 85 valence electrons. The first-order valence-corrected chi connectivity index (χ1v) is 6.17. The van der Waals surface area contributed by atoms with Crippen LogP contribution in [0.3, 0.4) is 0 Å². The lowest BCUT2D eigenvalue weighted by Crippen LogP contribution is -2.41. The maximum atomic E-state index is 11.3. The van der Waals surface area contributed by atoms with E-state index in [0.29, 0.717) is 6.42 Å². The molecule has 0 aromatic rings. The van der Waals surface area contributed by atoms with E-state index in [1.807, 2.05) is 13.3 Å². The van der Waals surface area contributed by atoms with Gasteiger partial charge in [-0.2, -0.15) is 13.1 Å². The summed E-state index contributed by atoms with van der Waals surface area (Å²) in [6, 6.07) is 0. The van der Waals surface area contributed by atoms with Crippen LogP contribution in [0.1, 0.15) is 40.5 Å². The van der Waals surface area contributed by atoms with Crippen LogP contribution in [0, 0.1) is 6.42 Å². The molecule has 0 unspecified atom stereocenters. The van der Waals surface area contributed by atoms with Crippen molar-refractivity contribution in [1.29, 1.82) is 0 Å². The molecule has 4 nitrogen and oxygen atoms in total. The molecule has 0 aromatic carbocycles. The molecule has 1 N–H and O–H groups in total. The predicted octanol–water partition coefficient (Wildman–Crippen LogP) is 1.64. The lowest BCUT2D eigenvalue weighted by Gasteiger charge is -2.19. The summed E-state index contributed by atoms with van der Waals surface area (Å²) in [7, 11) is -3.59. The van der Waals surface area contributed by atoms with Crippen LogP contribution in [0.15, 0.2) is 0 Å². The third-order valence-electron chi connectivity index (χ3n) is 1.28. The molecule has 0 bridgehead atoms. The van der Waals surface area contributed by atoms with Crippen molar-refractivity contribution in [2.24, 2.45) is 0 Å². The summed E-state index contributed by atoms with van der Waals surface area (Å²) in [5.74, 6) is 0. The molecule has 0 aliphatic rings. The summed E-state index contributed by atoms with van der Waals surface area (Å²) in [4.78, 5) is 0. The second-order valence-electron chi connectivity index (χ2n) is 4.11. The lowest BCUT2D eigenvalue weighted by molar-refractivity contribution is 0.302. The molecule has 0 saturated heterocycles. The van der Waals surface area contributed by atoms with Gasteiger partial charge in [-0.1, -0.05) is 13.3 Å². The first-order valence-electron chi connectivity index (χ1n) is 4.77. The molecular weight excluding hydrogens is 202 g/mol. The molecule has 0 spiro atoms. The van der Waals surface area contributed by atoms with Crippen molar-refractivity contribution in [1.82, 2.24) is 4.72 Å². The largest absolute Gasteiger partial charge is 0.336 e. The van der Waals surface area contributed by atoms with Crippen molar-refractivity contribution in [3.05, 3.63) is 6.42 Å². The molecular formula is C9H20NO3S. The maximum Gasteiger partial charge on any atom is 0.336 e. The van der Waals surface area contributed by atoms with Crippen molar-refractivity contribution in [3.63, 3.8) is 0 Å². The first kappa shape index (κ1) is 13.9. The molecule has 0 fully saturated rings. The quantitative estimate of drug-likeness (QED) is 0.695. The van der Waals surface area contributed by atoms with Gasteiger partial charge in [0.15, 0.2) is 0 Å². The highest BCUT2D eigenvalue weighted by Crippen LogP contribution is 2.04. The average molecular weight is 222 g/mol. The molecule has 0 heterocycles. The molecule has 0 rings (SSSR count). The summed E-state index contributed by atoms with van der Waals surface area (Å²) in [6.07, 6.45) is 3.56. The minimum Gasteiger partial charge on any atom is -0.258 e. The van der Waals surface area contributed by atoms with Gasteiger partial charge in [-0.05, 0) is 33.6 Å². The van der Waals surface area contributed by atoms with Gasteiger partial charge in [0.25, 0.3) is 0 Å². The Morgan fingerprint density at radius 1 is 1.36 bits per heavy atom. The van der Waals surface area contributed by atoms with Gasteiger partial charge < -0.3 is 0 Å². The Kier molecular flexibility index (Phi) is 5.63. The number of unbranched alkanes of at least 4 members (excludes halogenated alkanes) is 2. The zero-order valence-electron chi connectivity index (χ0n) is 9.33. The van der Waals surface area contributed by atoms with Gasteiger partial charge >= 0.3 is 10.3 Å². The Hall–Kier alpha value is -0.130. The van der Waals surface area contributed by atoms with Crippen LogP contribution < -0.4 is 4.72 Å². The van der Waals surface area contributed by atoms with Crippen molar-refractivity contribution < 1.29 is 12.6 Å². The van der Waals surface area contributed by atoms with Crippen LogP contribution in [0.2, 0.25) is 0 Å². The molecule has 0 saturated carbocycles. The normalized spacial score (nSPS) is 13.1. The Morgan fingerprint density at radius 3 is 2.36 bits per heavy atom. The standard InChI is InChI=1S/C9H20NO3S/c1-5-6-7-8-13-14(11,12)10-9(2,3)4/h6,10H,5,7-8H2,1-4H3. The molecule has 0 aromatic heterocycles. The highest BCUT2D eigenvalue weighted by Gasteiger charge is 2.19. The van der Waals surface area contributed by atoms with Gasteiger partial charge in [-0.25, -0.2) is 0 Å². The zero-order valence-corrected chi connectivity index (χ0v) is 10.1. The van der Waals surface area contributed by atoms with Gasteiger partial charge in [0.2, 0.25) is 0 Å². The zero-order chi connectivity index (χ0) is 11.2. The Labute approximate surface area is 87.3 Å². The fraction of sp³-hybridized carbons (Fsp3) is 0.889. The van der Waals surface area contributed by atoms with E-state index in [1.54, 1.807) is 20.8 Å². The van der Waals surface area contributed by atoms with Crippen molar-refractivity contribution in [2.45, 2.75) is 46.1 Å². The molecule has 0 aliphatic heterocycles. The van der Waals surface area contributed by atoms with Gasteiger partial charge in [-0.15, -0.1) is 0 Å². The van der Waals surface area contributed by atoms with Gasteiger partial charge in [0, 0.05) is 5.54 Å². The summed E-state index contributed by atoms with van der Waals surface area (Å²) in [6.45, 7) is 7.52. The van der Waals surface area contributed by atoms with Crippen LogP contribution in [0.5, 0.6) is 0 Å². The Bertz CT molecular complexity index is 241. The minimum absolute atomic E-state index is 0.208. The topological polar surface area (TPSA) is 55.4 Å². The van der Waals surface area contributed by atoms with Gasteiger partial charge in [0.1, 0.15) is 0 Å². The molecule has 0 atom stereocenters. The van der Waals surface area contributed by atoms with Crippen LogP contribution in [-0.4, -0.2) is 20.6 Å². The van der Waals surface area contributed by atoms with E-state index in [4.69, 9.17) is 4.18 Å². The van der Waals surface area contributed by atoms with E-state index in [9.17, 15) is 8.42 Å². The van der Waals surface area contributed by atoms with Crippen molar-refractivity contribution in [2.75, 3.05) is 6.61 Å². The number of hydrogen-bond donors (Lipinski definition) is 1. The van der Waals surface area contributed by atoms with E-state index in [2.05, 4.69) is 4.72 Å². The van der Waals surface area contributed by atoms with E-state index in [1.165, 1.54) is 0 Å². The van der Waals surface area contributed by atoms with E-state index >= 15 is 0 Å². The maximum absolute atomic E-state index is 11.3. The van der Waals surface area contributed by atoms with Gasteiger partial charge in [0.05, 0.1) is 6.61 Å². The summed E-state index contributed by atoms with van der Waals surface area (Å²) in [5, 5.41) is 0. The summed E-state index contributed by atoms with van der Waals surface area (Å²) < 4.78 is 29.7. The van der Waals surface area contributed by atoms with E-state index in [-0.39, 0.29) is 6.61 Å². The van der Waals surface area contributed by atoms with Gasteiger partial charge in [-0.3, -0.25) is 4.18 Å². The fourth-order valence-corrected chi connectivity index (χ4v) is 1.97. The first-order chi connectivity index (χ1) is 6.27. The van der Waals surface area contributed by atoms with Crippen LogP contribution >= 0.6 is 0 Å². The Balaban J connectivity index is 3.86. The molecule has 0 amide bonds. The SMILES string of the molecule is CC[CH]CCOS(=O)(=O)NC(C)(C)C. The highest BCUT2D eigenvalue weighted by molar-refractivity contribution is 7.84. The average Bonchev–Trinajstić information content (AvgIpc) is 1.93. The third-order valence-corrected chi connectivity index (χ3v) is 2.62. The van der Waals surface area contributed by atoms with Crippen LogP contribution in [-0.2, 0) is 14.5 Å². The predicted molar refractivity (Wildman–Crippen MR) is 57.0 cm³/mol. The van der Waals surface area contributed by atoms with Crippen LogP contribution in [0.4, 0.5) is 0 Å². The fourth-order valence-electron chi connectivity index (χ4n) is 0.850. The van der Waals surface area contributed by atoms with E-state index < -0.39 is 15.8 Å². The number of hydrogen-bond acceptors (Lipinski definition) is 3. The molecule has 14 heavy (non-hydrogen) atoms. The summed E-state index contributed by atoms with van der Waals surface area (Å²) in [5.41, 5.74) is -0.493. The van der Waals surface area contributed by atoms with E-state index in [0.717, 1.165) is 6.42 Å². The second kappa shape index (κ2) is 5.68. The minimum atomic E-state index is -3.59. The molecule has 5 heteroatoms. The van der Waals surface area contributed by atoms with Crippen molar-refractivity contribution >= 4 is 10.3 Å². The summed E-state index contributed by atoms with van der Waals surface area (Å²) >= 11 is 0.